The molecule has 2 atom stereocenters. The first-order chi connectivity index (χ1) is 11.5. The number of thioether (sulfide) groups is 1. The first kappa shape index (κ1) is 17.0. The molecule has 0 bridgehead atoms. The van der Waals surface area contributed by atoms with Crippen molar-refractivity contribution in [3.63, 3.8) is 0 Å². The zero-order valence-corrected chi connectivity index (χ0v) is 15.0. The number of imide groups is 1. The number of hydrogen-bond donors (Lipinski definition) is 0. The van der Waals surface area contributed by atoms with Gasteiger partial charge in [0.25, 0.3) is 0 Å². The third-order valence-electron chi connectivity index (χ3n) is 4.90. The van der Waals surface area contributed by atoms with E-state index in [1.54, 1.807) is 0 Å². The van der Waals surface area contributed by atoms with Gasteiger partial charge < -0.3 is 9.30 Å². The predicted octanol–water partition coefficient (Wildman–Crippen LogP) is 2.96. The fourth-order valence-electron chi connectivity index (χ4n) is 3.48. The summed E-state index contributed by atoms with van der Waals surface area (Å²) in [6, 6.07) is 7.82. The average Bonchev–Trinajstić information content (AvgIpc) is 3.13. The van der Waals surface area contributed by atoms with E-state index in [1.165, 1.54) is 18.9 Å². The van der Waals surface area contributed by atoms with Gasteiger partial charge in [0.2, 0.25) is 0 Å². The normalized spacial score (nSPS) is 23.5. The van der Waals surface area contributed by atoms with Crippen molar-refractivity contribution in [2.45, 2.75) is 31.0 Å². The lowest BCUT2D eigenvalue weighted by Gasteiger charge is -2.30. The number of amides is 2. The van der Waals surface area contributed by atoms with Gasteiger partial charge in [-0.15, -0.1) is 0 Å². The molecule has 24 heavy (non-hydrogen) atoms. The molecule has 2 amide bonds. The van der Waals surface area contributed by atoms with Crippen molar-refractivity contribution in [3.8, 4) is 0 Å². The molecule has 1 aromatic heterocycles. The summed E-state index contributed by atoms with van der Waals surface area (Å²) < 4.78 is 6.71. The van der Waals surface area contributed by atoms with E-state index in [9.17, 15) is 9.59 Å². The van der Waals surface area contributed by atoms with E-state index >= 15 is 0 Å². The number of likely N-dealkylation sites (tertiary alicyclic amines) is 1. The lowest BCUT2D eigenvalue weighted by atomic mass is 10.2. The monoisotopic (exact) mass is 348 g/mol. The second-order valence-corrected chi connectivity index (χ2v) is 7.12. The highest BCUT2D eigenvalue weighted by Crippen LogP contribution is 2.31. The van der Waals surface area contributed by atoms with Crippen LogP contribution in [0.15, 0.2) is 29.4 Å². The van der Waals surface area contributed by atoms with Gasteiger partial charge in [0.05, 0.1) is 24.7 Å². The minimum atomic E-state index is -0.449. The van der Waals surface area contributed by atoms with Gasteiger partial charge in [0, 0.05) is 19.9 Å². The molecule has 2 aromatic rings. The van der Waals surface area contributed by atoms with Crippen LogP contribution < -0.4 is 0 Å². The predicted molar refractivity (Wildman–Crippen MR) is 92.7 cm³/mol. The summed E-state index contributed by atoms with van der Waals surface area (Å²) in [5.74, 6) is 0.0975. The number of aromatic nitrogens is 2. The summed E-state index contributed by atoms with van der Waals surface area (Å²) in [6.45, 7) is 2.47. The lowest BCUT2D eigenvalue weighted by molar-refractivity contribution is -0.791. The molecule has 2 heterocycles. The average molecular weight is 348 g/mol. The van der Waals surface area contributed by atoms with Gasteiger partial charge in [-0.1, -0.05) is 23.9 Å². The highest BCUT2D eigenvalue weighted by Gasteiger charge is 2.53. The number of carbonyl (C=O) groups excluding carboxylic acids is 2. The molecule has 1 saturated heterocycles. The molecule has 0 radical (unpaired) electrons. The smallest absolute Gasteiger partial charge is 0.423 e. The molecule has 0 saturated carbocycles. The number of nitrogens with zero attached hydrogens (tertiary/aromatic N) is 3. The van der Waals surface area contributed by atoms with Gasteiger partial charge in [-0.25, -0.2) is 9.78 Å². The largest absolute Gasteiger partial charge is 0.523 e. The minimum absolute atomic E-state index is 0.0361. The molecule has 0 spiro atoms. The summed E-state index contributed by atoms with van der Waals surface area (Å²) >= 11 is 1.38. The van der Waals surface area contributed by atoms with Crippen molar-refractivity contribution < 1.29 is 18.8 Å². The maximum atomic E-state index is 12.9. The fraction of sp³-hybridized carbons (Fsp3) is 0.471. The van der Waals surface area contributed by atoms with Crippen LogP contribution in [0, 0.1) is 0 Å². The van der Waals surface area contributed by atoms with Crippen molar-refractivity contribution in [3.05, 3.63) is 24.3 Å². The van der Waals surface area contributed by atoms with Gasteiger partial charge in [-0.2, -0.15) is 9.28 Å². The Morgan fingerprint density at radius 3 is 2.79 bits per heavy atom. The topological polar surface area (TPSA) is 61.2 Å². The Bertz CT molecular complexity index is 788. The number of quaternary nitrogens is 1. The van der Waals surface area contributed by atoms with Crippen molar-refractivity contribution >= 4 is 34.8 Å². The van der Waals surface area contributed by atoms with Gasteiger partial charge in [0.15, 0.2) is 5.16 Å². The summed E-state index contributed by atoms with van der Waals surface area (Å²) in [5, 5.41) is 0.777. The van der Waals surface area contributed by atoms with E-state index < -0.39 is 6.09 Å². The third kappa shape index (κ3) is 2.61. The molecule has 128 valence electrons. The number of para-hydroxylation sites is 2. The lowest BCUT2D eigenvalue weighted by Crippen LogP contribution is -2.59. The Morgan fingerprint density at radius 1 is 1.42 bits per heavy atom. The van der Waals surface area contributed by atoms with Crippen LogP contribution in [0.5, 0.6) is 0 Å². The molecule has 1 fully saturated rings. The highest BCUT2D eigenvalue weighted by molar-refractivity contribution is 7.99. The van der Waals surface area contributed by atoms with Crippen molar-refractivity contribution in [1.82, 2.24) is 9.55 Å². The molecule has 0 aliphatic carbocycles. The summed E-state index contributed by atoms with van der Waals surface area (Å²) in [6.07, 6.45) is 1.27. The second kappa shape index (κ2) is 6.57. The van der Waals surface area contributed by atoms with Crippen molar-refractivity contribution in [2.24, 2.45) is 7.05 Å². The second-order valence-electron chi connectivity index (χ2n) is 6.18. The number of benzene rings is 1. The van der Waals surface area contributed by atoms with Crippen molar-refractivity contribution in [1.29, 1.82) is 0 Å². The Kier molecular flexibility index (Phi) is 4.64. The maximum absolute atomic E-state index is 12.9. The molecule has 7 heteroatoms. The number of methoxy groups -OCH3 is 1. The zero-order valence-electron chi connectivity index (χ0n) is 14.2. The first-order valence-electron chi connectivity index (χ1n) is 8.04. The van der Waals surface area contributed by atoms with Crippen LogP contribution in [-0.4, -0.2) is 51.5 Å². The number of hydrogen-bond acceptors (Lipinski definition) is 5. The van der Waals surface area contributed by atoms with E-state index in [0.29, 0.717) is 6.54 Å². The van der Waals surface area contributed by atoms with Gasteiger partial charge in [-0.3, -0.25) is 0 Å². The van der Waals surface area contributed by atoms with Crippen LogP contribution in [-0.2, 0) is 16.6 Å². The standard InChI is InChI=1S/C17H22N3O3S/c1-12-7-6-10-20(12,17(22)23-3)15(21)11-24-16-18-13-8-4-5-9-14(13)19(16)2/h4-5,8-9,12H,6-7,10-11H2,1-3H3/q+1/t12-,20?/m1/s1. The molecule has 1 aromatic carbocycles. The Hall–Kier alpha value is -1.86. The summed E-state index contributed by atoms with van der Waals surface area (Å²) in [7, 11) is 3.28. The van der Waals surface area contributed by atoms with E-state index in [-0.39, 0.29) is 22.2 Å². The summed E-state index contributed by atoms with van der Waals surface area (Å²) in [4.78, 5) is 29.8. The number of carbonyl (C=O) groups is 2. The quantitative estimate of drug-likeness (QED) is 0.630. The van der Waals surface area contributed by atoms with Gasteiger partial charge in [0.1, 0.15) is 11.8 Å². The van der Waals surface area contributed by atoms with Crippen molar-refractivity contribution in [2.75, 3.05) is 19.4 Å². The molecule has 3 rings (SSSR count). The maximum Gasteiger partial charge on any atom is 0.523 e. The van der Waals surface area contributed by atoms with Gasteiger partial charge in [-0.05, 0) is 19.1 Å². The Morgan fingerprint density at radius 2 is 2.17 bits per heavy atom. The first-order valence-corrected chi connectivity index (χ1v) is 9.03. The molecular weight excluding hydrogens is 326 g/mol. The van der Waals surface area contributed by atoms with E-state index in [0.717, 1.165) is 29.0 Å². The molecule has 1 unspecified atom stereocenters. The Balaban J connectivity index is 1.81. The fourth-order valence-corrected chi connectivity index (χ4v) is 4.42. The number of ether oxygens (including phenoxy) is 1. The van der Waals surface area contributed by atoms with E-state index in [1.807, 2.05) is 42.8 Å². The number of fused-ring (bicyclic) bond motifs is 1. The molecule has 0 N–H and O–H groups in total. The number of aryl methyl sites for hydroxylation is 1. The molecule has 1 aliphatic heterocycles. The SMILES string of the molecule is COC(=O)[N+]1(C(=O)CSc2nc3ccccc3n2C)CCC[C@H]1C. The highest BCUT2D eigenvalue weighted by atomic mass is 32.2. The van der Waals surface area contributed by atoms with Crippen LogP contribution >= 0.6 is 11.8 Å². The van der Waals surface area contributed by atoms with Crippen LogP contribution in [0.3, 0.4) is 0 Å². The van der Waals surface area contributed by atoms with Crippen LogP contribution in [0.4, 0.5) is 4.79 Å². The number of rotatable bonds is 3. The van der Waals surface area contributed by atoms with Crippen LogP contribution in [0.2, 0.25) is 0 Å². The van der Waals surface area contributed by atoms with E-state index in [4.69, 9.17) is 4.74 Å². The number of imidazole rings is 1. The third-order valence-corrected chi connectivity index (χ3v) is 5.92. The van der Waals surface area contributed by atoms with Gasteiger partial charge >= 0.3 is 12.0 Å². The zero-order chi connectivity index (χ0) is 17.3. The van der Waals surface area contributed by atoms with E-state index in [2.05, 4.69) is 4.98 Å². The Labute approximate surface area is 145 Å². The molecule has 1 aliphatic rings. The molecular formula is C17H22N3O3S+. The summed E-state index contributed by atoms with van der Waals surface area (Å²) in [5.41, 5.74) is 1.93. The van der Waals surface area contributed by atoms with Crippen LogP contribution in [0.1, 0.15) is 19.8 Å². The minimum Gasteiger partial charge on any atom is -0.423 e. The van der Waals surface area contributed by atoms with Crippen LogP contribution in [0.25, 0.3) is 11.0 Å². The molecule has 6 nitrogen and oxygen atoms in total.